The second-order valence-corrected chi connectivity index (χ2v) is 5.72. The molecule has 0 aliphatic rings. The Morgan fingerprint density at radius 1 is 1.42 bits per heavy atom. The maximum atomic E-state index is 13.6. The summed E-state index contributed by atoms with van der Waals surface area (Å²) in [6, 6.07) is 3.66. The van der Waals surface area contributed by atoms with Gasteiger partial charge in [0.05, 0.1) is 11.4 Å². The monoisotopic (exact) mass is 289 g/mol. The van der Waals surface area contributed by atoms with Gasteiger partial charge in [0.15, 0.2) is 0 Å². The number of benzene rings is 1. The van der Waals surface area contributed by atoms with Crippen LogP contribution in [-0.4, -0.2) is 31.7 Å². The summed E-state index contributed by atoms with van der Waals surface area (Å²) < 4.78 is 39.1. The SMILES string of the molecule is CCN(CC(N)=O)S(=O)(=O)c1cccc(F)c1CN. The van der Waals surface area contributed by atoms with Crippen LogP contribution in [0.1, 0.15) is 12.5 Å². The fourth-order valence-corrected chi connectivity index (χ4v) is 3.32. The van der Waals surface area contributed by atoms with Gasteiger partial charge in [0, 0.05) is 18.7 Å². The third-order valence-corrected chi connectivity index (χ3v) is 4.59. The summed E-state index contributed by atoms with van der Waals surface area (Å²) in [5.74, 6) is -1.48. The van der Waals surface area contributed by atoms with Crippen LogP contribution in [0.3, 0.4) is 0 Å². The number of sulfonamides is 1. The van der Waals surface area contributed by atoms with E-state index in [1.807, 2.05) is 0 Å². The van der Waals surface area contributed by atoms with E-state index in [9.17, 15) is 17.6 Å². The first-order chi connectivity index (χ1) is 8.84. The minimum atomic E-state index is -4.00. The fraction of sp³-hybridized carbons (Fsp3) is 0.364. The number of carbonyl (C=O) groups excluding carboxylic acids is 1. The average molecular weight is 289 g/mol. The normalized spacial score (nSPS) is 11.8. The van der Waals surface area contributed by atoms with E-state index in [4.69, 9.17) is 11.5 Å². The summed E-state index contributed by atoms with van der Waals surface area (Å²) in [7, 11) is -4.00. The van der Waals surface area contributed by atoms with Crippen molar-refractivity contribution in [2.45, 2.75) is 18.4 Å². The lowest BCUT2D eigenvalue weighted by atomic mass is 10.2. The number of primary amides is 1. The third kappa shape index (κ3) is 3.28. The highest BCUT2D eigenvalue weighted by atomic mass is 32.2. The summed E-state index contributed by atoms with van der Waals surface area (Å²) in [6.07, 6.45) is 0. The molecule has 0 spiro atoms. The van der Waals surface area contributed by atoms with Crippen LogP contribution in [0.25, 0.3) is 0 Å². The van der Waals surface area contributed by atoms with Crippen LogP contribution in [0.15, 0.2) is 23.1 Å². The number of halogens is 1. The van der Waals surface area contributed by atoms with E-state index in [0.717, 1.165) is 10.4 Å². The Kier molecular flexibility index (Phi) is 4.98. The molecule has 0 heterocycles. The van der Waals surface area contributed by atoms with Gasteiger partial charge in [0.2, 0.25) is 15.9 Å². The maximum absolute atomic E-state index is 13.6. The van der Waals surface area contributed by atoms with Crippen molar-refractivity contribution in [3.8, 4) is 0 Å². The van der Waals surface area contributed by atoms with Crippen LogP contribution in [0, 0.1) is 5.82 Å². The molecular weight excluding hydrogens is 273 g/mol. The number of hydrogen-bond donors (Lipinski definition) is 2. The predicted octanol–water partition coefficient (Wildman–Crippen LogP) is -0.220. The Labute approximate surface area is 111 Å². The van der Waals surface area contributed by atoms with Gasteiger partial charge in [-0.2, -0.15) is 4.31 Å². The van der Waals surface area contributed by atoms with Gasteiger partial charge in [0.25, 0.3) is 0 Å². The molecule has 0 radical (unpaired) electrons. The molecule has 1 aromatic carbocycles. The van der Waals surface area contributed by atoms with Crippen molar-refractivity contribution in [2.24, 2.45) is 11.5 Å². The molecule has 106 valence electrons. The van der Waals surface area contributed by atoms with Crippen molar-refractivity contribution in [3.63, 3.8) is 0 Å². The lowest BCUT2D eigenvalue weighted by Crippen LogP contribution is -2.38. The highest BCUT2D eigenvalue weighted by Gasteiger charge is 2.27. The topological polar surface area (TPSA) is 106 Å². The summed E-state index contributed by atoms with van der Waals surface area (Å²) in [4.78, 5) is 10.6. The fourth-order valence-electron chi connectivity index (χ4n) is 1.66. The number of likely N-dealkylation sites (N-methyl/N-ethyl adjacent to an activating group) is 1. The highest BCUT2D eigenvalue weighted by Crippen LogP contribution is 2.22. The molecular formula is C11H16FN3O3S. The predicted molar refractivity (Wildman–Crippen MR) is 67.9 cm³/mol. The third-order valence-electron chi connectivity index (χ3n) is 2.58. The number of nitrogens with zero attached hydrogens (tertiary/aromatic N) is 1. The van der Waals surface area contributed by atoms with E-state index in [-0.39, 0.29) is 23.5 Å². The number of carbonyl (C=O) groups is 1. The van der Waals surface area contributed by atoms with Gasteiger partial charge >= 0.3 is 0 Å². The van der Waals surface area contributed by atoms with Crippen LogP contribution in [0.4, 0.5) is 4.39 Å². The van der Waals surface area contributed by atoms with Gasteiger partial charge in [-0.1, -0.05) is 13.0 Å². The number of rotatable bonds is 6. The Hall–Kier alpha value is -1.51. The van der Waals surface area contributed by atoms with Gasteiger partial charge in [-0.05, 0) is 12.1 Å². The van der Waals surface area contributed by atoms with Crippen molar-refractivity contribution in [1.82, 2.24) is 4.31 Å². The summed E-state index contributed by atoms with van der Waals surface area (Å²) >= 11 is 0. The molecule has 0 atom stereocenters. The van der Waals surface area contributed by atoms with Gasteiger partial charge in [-0.3, -0.25) is 4.79 Å². The molecule has 0 saturated carbocycles. The van der Waals surface area contributed by atoms with E-state index in [1.54, 1.807) is 6.92 Å². The molecule has 0 bridgehead atoms. The van der Waals surface area contributed by atoms with Crippen LogP contribution in [-0.2, 0) is 21.4 Å². The first kappa shape index (κ1) is 15.5. The lowest BCUT2D eigenvalue weighted by Gasteiger charge is -2.20. The molecule has 0 fully saturated rings. The smallest absolute Gasteiger partial charge is 0.243 e. The van der Waals surface area contributed by atoms with E-state index in [2.05, 4.69) is 0 Å². The van der Waals surface area contributed by atoms with Crippen molar-refractivity contribution < 1.29 is 17.6 Å². The number of hydrogen-bond acceptors (Lipinski definition) is 4. The standard InChI is InChI=1S/C11H16FN3O3S/c1-2-15(7-11(14)16)19(17,18)10-5-3-4-9(12)8(10)6-13/h3-5H,2,6-7,13H2,1H3,(H2,14,16). The summed E-state index contributed by atoms with van der Waals surface area (Å²) in [5, 5.41) is 0. The Balaban J connectivity index is 3.33. The quantitative estimate of drug-likeness (QED) is 0.755. The largest absolute Gasteiger partial charge is 0.369 e. The molecule has 19 heavy (non-hydrogen) atoms. The Bertz CT molecular complexity index is 575. The van der Waals surface area contributed by atoms with E-state index in [0.29, 0.717) is 0 Å². The Morgan fingerprint density at radius 3 is 2.53 bits per heavy atom. The molecule has 8 heteroatoms. The second-order valence-electron chi connectivity index (χ2n) is 3.82. The zero-order valence-corrected chi connectivity index (χ0v) is 11.3. The van der Waals surface area contributed by atoms with Gasteiger partial charge < -0.3 is 11.5 Å². The minimum Gasteiger partial charge on any atom is -0.369 e. The van der Waals surface area contributed by atoms with Gasteiger partial charge in [-0.25, -0.2) is 12.8 Å². The molecule has 0 aliphatic carbocycles. The molecule has 1 aromatic rings. The second kappa shape index (κ2) is 6.09. The van der Waals surface area contributed by atoms with Gasteiger partial charge in [0.1, 0.15) is 5.82 Å². The number of nitrogens with two attached hydrogens (primary N) is 2. The van der Waals surface area contributed by atoms with E-state index >= 15 is 0 Å². The zero-order valence-electron chi connectivity index (χ0n) is 10.5. The van der Waals surface area contributed by atoms with Crippen molar-refractivity contribution in [2.75, 3.05) is 13.1 Å². The van der Waals surface area contributed by atoms with Crippen molar-refractivity contribution in [1.29, 1.82) is 0 Å². The molecule has 1 rings (SSSR count). The molecule has 0 saturated heterocycles. The van der Waals surface area contributed by atoms with Crippen LogP contribution in [0.2, 0.25) is 0 Å². The zero-order chi connectivity index (χ0) is 14.6. The first-order valence-electron chi connectivity index (χ1n) is 5.60. The average Bonchev–Trinajstić information content (AvgIpc) is 2.35. The molecule has 0 aliphatic heterocycles. The van der Waals surface area contributed by atoms with E-state index < -0.39 is 28.3 Å². The van der Waals surface area contributed by atoms with Crippen LogP contribution in [0.5, 0.6) is 0 Å². The van der Waals surface area contributed by atoms with Crippen LogP contribution < -0.4 is 11.5 Å². The first-order valence-corrected chi connectivity index (χ1v) is 7.04. The molecule has 1 amide bonds. The van der Waals surface area contributed by atoms with Crippen LogP contribution >= 0.6 is 0 Å². The van der Waals surface area contributed by atoms with Gasteiger partial charge in [-0.15, -0.1) is 0 Å². The van der Waals surface area contributed by atoms with Crippen molar-refractivity contribution >= 4 is 15.9 Å². The van der Waals surface area contributed by atoms with Crippen molar-refractivity contribution in [3.05, 3.63) is 29.6 Å². The molecule has 0 aromatic heterocycles. The molecule has 4 N–H and O–H groups in total. The minimum absolute atomic E-state index is 0.0474. The summed E-state index contributed by atoms with van der Waals surface area (Å²) in [6.45, 7) is 0.891. The summed E-state index contributed by atoms with van der Waals surface area (Å²) in [5.41, 5.74) is 10.3. The lowest BCUT2D eigenvalue weighted by molar-refractivity contribution is -0.118. The number of amides is 1. The Morgan fingerprint density at radius 2 is 2.05 bits per heavy atom. The molecule has 6 nitrogen and oxygen atoms in total. The maximum Gasteiger partial charge on any atom is 0.243 e. The highest BCUT2D eigenvalue weighted by molar-refractivity contribution is 7.89. The van der Waals surface area contributed by atoms with E-state index in [1.165, 1.54) is 12.1 Å². The molecule has 0 unspecified atom stereocenters.